The third kappa shape index (κ3) is 4.11. The molecular formula is C21H24N6O2. The van der Waals surface area contributed by atoms with Gasteiger partial charge in [0.15, 0.2) is 5.43 Å². The van der Waals surface area contributed by atoms with Gasteiger partial charge >= 0.3 is 0 Å². The zero-order valence-corrected chi connectivity index (χ0v) is 16.6. The lowest BCUT2D eigenvalue weighted by atomic mass is 9.91. The lowest BCUT2D eigenvalue weighted by Gasteiger charge is -2.29. The average molecular weight is 392 g/mol. The van der Waals surface area contributed by atoms with Crippen LogP contribution in [0.2, 0.25) is 0 Å². The van der Waals surface area contributed by atoms with Crippen molar-refractivity contribution in [3.63, 3.8) is 0 Å². The first kappa shape index (κ1) is 19.0. The summed E-state index contributed by atoms with van der Waals surface area (Å²) in [5.41, 5.74) is 2.86. The molecule has 8 nitrogen and oxygen atoms in total. The van der Waals surface area contributed by atoms with E-state index in [1.807, 2.05) is 30.1 Å². The average Bonchev–Trinajstić information content (AvgIpc) is 3.22. The number of aromatic nitrogens is 5. The molecule has 1 fully saturated rings. The lowest BCUT2D eigenvalue weighted by molar-refractivity contribution is 0.0912. The van der Waals surface area contributed by atoms with Crippen molar-refractivity contribution in [2.75, 3.05) is 0 Å². The summed E-state index contributed by atoms with van der Waals surface area (Å²) >= 11 is 0. The number of hydrogen-bond acceptors (Lipinski definition) is 5. The lowest BCUT2D eigenvalue weighted by Crippen LogP contribution is -2.39. The fraction of sp³-hybridized carbons (Fsp3) is 0.381. The van der Waals surface area contributed by atoms with Gasteiger partial charge in [-0.15, -0.1) is 0 Å². The third-order valence-corrected chi connectivity index (χ3v) is 5.64. The number of nitrogens with zero attached hydrogens (tertiary/aromatic N) is 5. The van der Waals surface area contributed by atoms with Crippen molar-refractivity contribution < 1.29 is 4.79 Å². The van der Waals surface area contributed by atoms with E-state index in [0.29, 0.717) is 11.7 Å². The maximum absolute atomic E-state index is 12.6. The second-order valence-electron chi connectivity index (χ2n) is 7.56. The number of amides is 1. The molecule has 0 aliphatic heterocycles. The molecule has 1 N–H and O–H groups in total. The van der Waals surface area contributed by atoms with E-state index < -0.39 is 0 Å². The molecule has 0 radical (unpaired) electrons. The molecule has 0 spiro atoms. The Morgan fingerprint density at radius 1 is 1.21 bits per heavy atom. The number of carbonyl (C=O) groups is 1. The highest BCUT2D eigenvalue weighted by atomic mass is 16.2. The van der Waals surface area contributed by atoms with Gasteiger partial charge in [0.05, 0.1) is 17.9 Å². The molecule has 0 atom stereocenters. The number of rotatable bonds is 4. The van der Waals surface area contributed by atoms with Gasteiger partial charge in [0, 0.05) is 48.9 Å². The molecule has 0 bridgehead atoms. The minimum Gasteiger partial charge on any atom is -0.348 e. The molecule has 0 aromatic carbocycles. The number of pyridine rings is 1. The van der Waals surface area contributed by atoms with Gasteiger partial charge in [-0.3, -0.25) is 14.3 Å². The molecule has 4 rings (SSSR count). The third-order valence-electron chi connectivity index (χ3n) is 5.64. The van der Waals surface area contributed by atoms with Crippen molar-refractivity contribution in [3.8, 4) is 11.3 Å². The Balaban J connectivity index is 1.37. The standard InChI is InChI=1S/C21H24N6O2/c1-14-9-18(28)10-20(26(14)2)21(29)25-16-3-5-17(6-4-16)27-12-15(11-24-27)19-7-8-22-13-23-19/h7-13,16-17H,3-6H2,1-2H3,(H,25,29). The Bertz CT molecular complexity index is 1060. The van der Waals surface area contributed by atoms with Crippen LogP contribution in [0.4, 0.5) is 0 Å². The van der Waals surface area contributed by atoms with Crippen molar-refractivity contribution in [1.29, 1.82) is 0 Å². The summed E-state index contributed by atoms with van der Waals surface area (Å²) in [5, 5.41) is 7.60. The Morgan fingerprint density at radius 2 is 2.00 bits per heavy atom. The molecule has 150 valence electrons. The molecule has 3 aromatic rings. The molecule has 1 amide bonds. The van der Waals surface area contributed by atoms with Crippen molar-refractivity contribution in [2.45, 2.75) is 44.7 Å². The zero-order valence-electron chi connectivity index (χ0n) is 16.6. The SMILES string of the molecule is Cc1cc(=O)cc(C(=O)NC2CCC(n3cc(-c4ccncn4)cn3)CC2)n1C. The minimum atomic E-state index is -0.193. The van der Waals surface area contributed by atoms with Crippen LogP contribution in [0.25, 0.3) is 11.3 Å². The number of nitrogens with one attached hydrogen (secondary N) is 1. The van der Waals surface area contributed by atoms with E-state index in [1.54, 1.807) is 17.8 Å². The summed E-state index contributed by atoms with van der Waals surface area (Å²) in [7, 11) is 1.80. The van der Waals surface area contributed by atoms with Crippen LogP contribution in [0.5, 0.6) is 0 Å². The normalized spacial score (nSPS) is 19.1. The van der Waals surface area contributed by atoms with Crippen LogP contribution in [0.15, 0.2) is 47.9 Å². The molecule has 1 saturated carbocycles. The van der Waals surface area contributed by atoms with Gasteiger partial charge in [0.25, 0.3) is 5.91 Å². The molecule has 8 heteroatoms. The van der Waals surface area contributed by atoms with E-state index >= 15 is 0 Å². The smallest absolute Gasteiger partial charge is 0.268 e. The molecule has 29 heavy (non-hydrogen) atoms. The van der Waals surface area contributed by atoms with Gasteiger partial charge in [-0.05, 0) is 38.7 Å². The highest BCUT2D eigenvalue weighted by Crippen LogP contribution is 2.29. The largest absolute Gasteiger partial charge is 0.348 e. The highest BCUT2D eigenvalue weighted by molar-refractivity contribution is 5.92. The Hall–Kier alpha value is -3.29. The van der Waals surface area contributed by atoms with Crippen LogP contribution < -0.4 is 10.7 Å². The predicted octanol–water partition coefficient (Wildman–Crippen LogP) is 2.26. The first-order chi connectivity index (χ1) is 14.0. The Labute approximate surface area is 168 Å². The van der Waals surface area contributed by atoms with Crippen LogP contribution in [-0.2, 0) is 7.05 Å². The second-order valence-corrected chi connectivity index (χ2v) is 7.56. The maximum atomic E-state index is 12.6. The van der Waals surface area contributed by atoms with Crippen LogP contribution in [0.1, 0.15) is 47.9 Å². The summed E-state index contributed by atoms with van der Waals surface area (Å²) < 4.78 is 3.75. The number of carbonyl (C=O) groups excluding carboxylic acids is 1. The van der Waals surface area contributed by atoms with Crippen molar-refractivity contribution in [2.24, 2.45) is 7.05 Å². The van der Waals surface area contributed by atoms with Crippen molar-refractivity contribution in [3.05, 3.63) is 64.7 Å². The van der Waals surface area contributed by atoms with Gasteiger partial charge < -0.3 is 9.88 Å². The number of aryl methyl sites for hydroxylation is 1. The van der Waals surface area contributed by atoms with Gasteiger partial charge in [0.2, 0.25) is 0 Å². The maximum Gasteiger partial charge on any atom is 0.268 e. The summed E-state index contributed by atoms with van der Waals surface area (Å²) in [6.45, 7) is 1.82. The van der Waals surface area contributed by atoms with Gasteiger partial charge in [-0.2, -0.15) is 5.10 Å². The van der Waals surface area contributed by atoms with Gasteiger partial charge in [-0.1, -0.05) is 0 Å². The molecule has 3 aromatic heterocycles. The van der Waals surface area contributed by atoms with Gasteiger partial charge in [-0.25, -0.2) is 9.97 Å². The van der Waals surface area contributed by atoms with Crippen LogP contribution in [0, 0.1) is 6.92 Å². The molecule has 1 aliphatic rings. The number of hydrogen-bond donors (Lipinski definition) is 1. The minimum absolute atomic E-state index is 0.103. The topological polar surface area (TPSA) is 94.7 Å². The van der Waals surface area contributed by atoms with E-state index in [-0.39, 0.29) is 17.4 Å². The molecular weight excluding hydrogens is 368 g/mol. The Kier molecular flexibility index (Phi) is 5.24. The van der Waals surface area contributed by atoms with Crippen molar-refractivity contribution >= 4 is 5.91 Å². The van der Waals surface area contributed by atoms with Crippen LogP contribution in [0.3, 0.4) is 0 Å². The van der Waals surface area contributed by atoms with E-state index in [1.165, 1.54) is 18.5 Å². The van der Waals surface area contributed by atoms with Gasteiger partial charge in [0.1, 0.15) is 12.0 Å². The van der Waals surface area contributed by atoms with Crippen molar-refractivity contribution in [1.82, 2.24) is 29.6 Å². The van der Waals surface area contributed by atoms with Crippen LogP contribution in [-0.4, -0.2) is 36.3 Å². The molecule has 1 aliphatic carbocycles. The highest BCUT2D eigenvalue weighted by Gasteiger charge is 2.25. The first-order valence-electron chi connectivity index (χ1n) is 9.80. The predicted molar refractivity (Wildman–Crippen MR) is 108 cm³/mol. The summed E-state index contributed by atoms with van der Waals surface area (Å²) in [4.78, 5) is 32.6. The van der Waals surface area contributed by atoms with E-state index in [9.17, 15) is 9.59 Å². The first-order valence-corrected chi connectivity index (χ1v) is 9.80. The van der Waals surface area contributed by atoms with E-state index in [0.717, 1.165) is 42.6 Å². The monoisotopic (exact) mass is 392 g/mol. The van der Waals surface area contributed by atoms with E-state index in [2.05, 4.69) is 20.4 Å². The fourth-order valence-electron chi connectivity index (χ4n) is 3.86. The second kappa shape index (κ2) is 7.98. The zero-order chi connectivity index (χ0) is 20.4. The quantitative estimate of drug-likeness (QED) is 0.735. The molecule has 0 unspecified atom stereocenters. The molecule has 0 saturated heterocycles. The summed E-state index contributed by atoms with van der Waals surface area (Å²) in [6, 6.07) is 5.20. The Morgan fingerprint density at radius 3 is 2.72 bits per heavy atom. The summed E-state index contributed by atoms with van der Waals surface area (Å²) in [6.07, 6.45) is 10.7. The van der Waals surface area contributed by atoms with Crippen LogP contribution >= 0.6 is 0 Å². The van der Waals surface area contributed by atoms with E-state index in [4.69, 9.17) is 0 Å². The fourth-order valence-corrected chi connectivity index (χ4v) is 3.86. The summed E-state index contributed by atoms with van der Waals surface area (Å²) in [5.74, 6) is -0.193. The molecule has 3 heterocycles.